The number of hydrogen-bond acceptors (Lipinski definition) is 6. The average Bonchev–Trinajstić information content (AvgIpc) is 3.07. The van der Waals surface area contributed by atoms with Crippen LogP contribution in [0.25, 0.3) is 0 Å². The van der Waals surface area contributed by atoms with Gasteiger partial charge in [0.1, 0.15) is 17.4 Å². The zero-order chi connectivity index (χ0) is 19.7. The van der Waals surface area contributed by atoms with Crippen LogP contribution >= 0.6 is 11.6 Å². The molecule has 2 amide bonds. The van der Waals surface area contributed by atoms with E-state index in [0.29, 0.717) is 35.6 Å². The number of carbonyl (C=O) groups is 1. The van der Waals surface area contributed by atoms with Crippen molar-refractivity contribution in [1.82, 2.24) is 14.7 Å². The molecule has 3 heterocycles. The van der Waals surface area contributed by atoms with Gasteiger partial charge in [-0.3, -0.25) is 4.99 Å². The third-order valence-corrected chi connectivity index (χ3v) is 5.28. The number of urea groups is 1. The molecule has 3 aliphatic heterocycles. The first-order chi connectivity index (χ1) is 13.5. The maximum atomic E-state index is 12.6. The van der Waals surface area contributed by atoms with Crippen molar-refractivity contribution in [1.29, 1.82) is 0 Å². The lowest BCUT2D eigenvalue weighted by atomic mass is 10.3. The van der Waals surface area contributed by atoms with Gasteiger partial charge in [0.2, 0.25) is 0 Å². The van der Waals surface area contributed by atoms with Gasteiger partial charge in [-0.15, -0.1) is 0 Å². The van der Waals surface area contributed by atoms with Gasteiger partial charge in [0.05, 0.1) is 24.5 Å². The summed E-state index contributed by atoms with van der Waals surface area (Å²) in [6.07, 6.45) is 3.88. The zero-order valence-corrected chi connectivity index (χ0v) is 16.7. The number of ether oxygens (including phenoxy) is 1. The van der Waals surface area contributed by atoms with Gasteiger partial charge in [0, 0.05) is 44.5 Å². The van der Waals surface area contributed by atoms with Crippen LogP contribution in [0, 0.1) is 0 Å². The zero-order valence-electron chi connectivity index (χ0n) is 15.9. The van der Waals surface area contributed by atoms with Gasteiger partial charge in [0.25, 0.3) is 0 Å². The Hall–Kier alpha value is -2.74. The monoisotopic (exact) mass is 402 g/mol. The lowest BCUT2D eigenvalue weighted by Gasteiger charge is -2.36. The number of fused-ring (bicyclic) bond motifs is 1. The number of hydrogen-bond donors (Lipinski definition) is 1. The second-order valence-electron chi connectivity index (χ2n) is 6.99. The summed E-state index contributed by atoms with van der Waals surface area (Å²) in [6.45, 7) is 5.67. The number of halogens is 1. The number of rotatable bonds is 3. The smallest absolute Gasteiger partial charge is 0.321 e. The fourth-order valence-electron chi connectivity index (χ4n) is 3.49. The molecule has 28 heavy (non-hydrogen) atoms. The van der Waals surface area contributed by atoms with E-state index >= 15 is 0 Å². The Bertz CT molecular complexity index is 860. The molecule has 1 fully saturated rings. The first-order valence-electron chi connectivity index (χ1n) is 9.28. The van der Waals surface area contributed by atoms with Crippen molar-refractivity contribution < 1.29 is 9.53 Å². The first kappa shape index (κ1) is 18.6. The molecule has 1 atom stereocenters. The predicted octanol–water partition coefficient (Wildman–Crippen LogP) is 2.48. The van der Waals surface area contributed by atoms with Crippen LogP contribution in [-0.2, 0) is 0 Å². The van der Waals surface area contributed by atoms with Crippen LogP contribution in [0.4, 0.5) is 10.5 Å². The molecular formula is C19H23ClN6O2. The van der Waals surface area contributed by atoms with Gasteiger partial charge in [-0.1, -0.05) is 11.6 Å². The van der Waals surface area contributed by atoms with E-state index in [2.05, 4.69) is 32.0 Å². The highest BCUT2D eigenvalue weighted by Crippen LogP contribution is 2.27. The molecule has 3 aliphatic rings. The van der Waals surface area contributed by atoms with E-state index in [1.54, 1.807) is 30.2 Å². The number of aliphatic imine (C=N–C) groups is 2. The van der Waals surface area contributed by atoms with Gasteiger partial charge in [-0.05, 0) is 25.1 Å². The van der Waals surface area contributed by atoms with Crippen LogP contribution in [0.3, 0.4) is 0 Å². The molecule has 1 aromatic carbocycles. The number of nitrogens with zero attached hydrogens (tertiary/aromatic N) is 5. The number of amides is 2. The topological polar surface area (TPSA) is 72.8 Å². The van der Waals surface area contributed by atoms with Crippen molar-refractivity contribution in [3.05, 3.63) is 35.1 Å². The fraction of sp³-hybridized carbons (Fsp3) is 0.421. The van der Waals surface area contributed by atoms with Crippen LogP contribution < -0.4 is 10.1 Å². The first-order valence-corrected chi connectivity index (χ1v) is 9.66. The van der Waals surface area contributed by atoms with Crippen molar-refractivity contribution in [2.24, 2.45) is 9.98 Å². The summed E-state index contributed by atoms with van der Waals surface area (Å²) in [5.74, 6) is 2.45. The maximum absolute atomic E-state index is 12.6. The number of benzene rings is 1. The molecule has 1 N–H and O–H groups in total. The van der Waals surface area contributed by atoms with Crippen molar-refractivity contribution in [2.45, 2.75) is 13.0 Å². The van der Waals surface area contributed by atoms with Crippen molar-refractivity contribution in [2.75, 3.05) is 45.2 Å². The Morgan fingerprint density at radius 3 is 2.79 bits per heavy atom. The molecule has 0 unspecified atom stereocenters. The second kappa shape index (κ2) is 7.71. The molecule has 0 bridgehead atoms. The summed E-state index contributed by atoms with van der Waals surface area (Å²) in [6, 6.07) is 5.35. The quantitative estimate of drug-likeness (QED) is 0.843. The summed E-state index contributed by atoms with van der Waals surface area (Å²) >= 11 is 6.12. The molecule has 148 valence electrons. The summed E-state index contributed by atoms with van der Waals surface area (Å²) in [5, 5.41) is 3.36. The lowest BCUT2D eigenvalue weighted by molar-refractivity contribution is 0.167. The minimum Gasteiger partial charge on any atom is -0.495 e. The predicted molar refractivity (Wildman–Crippen MR) is 110 cm³/mol. The van der Waals surface area contributed by atoms with Gasteiger partial charge < -0.3 is 24.8 Å². The van der Waals surface area contributed by atoms with Crippen molar-refractivity contribution in [3.63, 3.8) is 0 Å². The third-order valence-electron chi connectivity index (χ3n) is 4.99. The highest BCUT2D eigenvalue weighted by Gasteiger charge is 2.27. The van der Waals surface area contributed by atoms with Crippen LogP contribution in [0.15, 0.2) is 40.1 Å². The molecule has 0 radical (unpaired) electrons. The SMILES string of the molecule is COc1ccc(NC(=O)N2CCN(C3=CC4=N[C@H](C)CN4C=N3)CC2)cc1Cl. The number of piperazine rings is 1. The Labute approximate surface area is 169 Å². The summed E-state index contributed by atoms with van der Waals surface area (Å²) in [4.78, 5) is 27.8. The minimum absolute atomic E-state index is 0.137. The lowest BCUT2D eigenvalue weighted by Crippen LogP contribution is -2.49. The molecule has 4 rings (SSSR count). The molecule has 8 nitrogen and oxygen atoms in total. The van der Waals surface area contributed by atoms with E-state index in [0.717, 1.165) is 31.3 Å². The van der Waals surface area contributed by atoms with Crippen molar-refractivity contribution in [3.8, 4) is 5.75 Å². The molecule has 1 saturated heterocycles. The number of nitrogens with one attached hydrogen (secondary N) is 1. The maximum Gasteiger partial charge on any atom is 0.321 e. The molecule has 0 saturated carbocycles. The van der Waals surface area contributed by atoms with Crippen LogP contribution in [-0.4, -0.2) is 78.8 Å². The Morgan fingerprint density at radius 1 is 1.29 bits per heavy atom. The van der Waals surface area contributed by atoms with E-state index < -0.39 is 0 Å². The molecule has 9 heteroatoms. The summed E-state index contributed by atoms with van der Waals surface area (Å²) in [7, 11) is 1.56. The number of methoxy groups -OCH3 is 1. The van der Waals surface area contributed by atoms with E-state index in [4.69, 9.17) is 16.3 Å². The summed E-state index contributed by atoms with van der Waals surface area (Å²) in [5.41, 5.74) is 0.645. The van der Waals surface area contributed by atoms with E-state index in [1.165, 1.54) is 0 Å². The molecule has 0 aromatic heterocycles. The number of amidine groups is 1. The third kappa shape index (κ3) is 3.77. The van der Waals surface area contributed by atoms with E-state index in [1.807, 2.05) is 12.4 Å². The molecule has 1 aromatic rings. The van der Waals surface area contributed by atoms with Crippen molar-refractivity contribution >= 4 is 35.5 Å². The van der Waals surface area contributed by atoms with Gasteiger partial charge in [-0.25, -0.2) is 9.79 Å². The van der Waals surface area contributed by atoms with E-state index in [-0.39, 0.29) is 6.03 Å². The van der Waals surface area contributed by atoms with Crippen LogP contribution in [0.1, 0.15) is 6.92 Å². The molecule has 0 aliphatic carbocycles. The number of carbonyl (C=O) groups excluding carboxylic acids is 1. The minimum atomic E-state index is -0.137. The highest BCUT2D eigenvalue weighted by atomic mass is 35.5. The highest BCUT2D eigenvalue weighted by molar-refractivity contribution is 6.32. The normalized spacial score (nSPS) is 21.2. The summed E-state index contributed by atoms with van der Waals surface area (Å²) < 4.78 is 5.13. The Kier molecular flexibility index (Phi) is 5.13. The average molecular weight is 403 g/mol. The van der Waals surface area contributed by atoms with Gasteiger partial charge in [-0.2, -0.15) is 0 Å². The standard InChI is InChI=1S/C19H23ClN6O2/c1-13-11-26-12-21-17(10-18(26)22-13)24-5-7-25(8-6-24)19(27)23-14-3-4-16(28-2)15(20)9-14/h3-4,9-10,12-13H,5-8,11H2,1-2H3,(H,23,27)/t13-/m1/s1. The largest absolute Gasteiger partial charge is 0.495 e. The number of anilines is 1. The molecular weight excluding hydrogens is 380 g/mol. The van der Waals surface area contributed by atoms with Gasteiger partial charge in [0.15, 0.2) is 0 Å². The van der Waals surface area contributed by atoms with Crippen LogP contribution in [0.5, 0.6) is 5.75 Å². The molecule has 0 spiro atoms. The second-order valence-corrected chi connectivity index (χ2v) is 7.40. The fourth-order valence-corrected chi connectivity index (χ4v) is 3.74. The Morgan fingerprint density at radius 2 is 2.07 bits per heavy atom. The van der Waals surface area contributed by atoms with Gasteiger partial charge >= 0.3 is 6.03 Å². The van der Waals surface area contributed by atoms with E-state index in [9.17, 15) is 4.79 Å². The van der Waals surface area contributed by atoms with Crippen LogP contribution in [0.2, 0.25) is 5.02 Å². The Balaban J connectivity index is 1.33.